The van der Waals surface area contributed by atoms with E-state index in [2.05, 4.69) is 79.9 Å². The maximum absolute atomic E-state index is 12.7. The van der Waals surface area contributed by atoms with Gasteiger partial charge in [0.25, 0.3) is 0 Å². The fourth-order valence-corrected chi connectivity index (χ4v) is 5.99. The zero-order valence-electron chi connectivity index (χ0n) is 32.3. The van der Waals surface area contributed by atoms with Gasteiger partial charge in [-0.05, 0) is 77.0 Å². The van der Waals surface area contributed by atoms with Gasteiger partial charge in [0.15, 0.2) is 0 Å². The molecule has 0 saturated heterocycles. The maximum Gasteiger partial charge on any atom is 0.472 e. The second-order valence-electron chi connectivity index (χ2n) is 13.1. The van der Waals surface area contributed by atoms with E-state index in [4.69, 9.17) is 14.8 Å². The molecule has 0 heterocycles. The number of carbonyl (C=O) groups excluding carboxylic acids is 1. The van der Waals surface area contributed by atoms with Gasteiger partial charge in [-0.1, -0.05) is 145 Å². The van der Waals surface area contributed by atoms with Crippen molar-refractivity contribution in [2.45, 2.75) is 167 Å². The zero-order chi connectivity index (χ0) is 37.5. The van der Waals surface area contributed by atoms with Gasteiger partial charge in [-0.15, -0.1) is 0 Å². The van der Waals surface area contributed by atoms with Gasteiger partial charge >= 0.3 is 7.82 Å². The molecule has 0 aromatic heterocycles. The molecule has 0 aromatic carbocycles. The van der Waals surface area contributed by atoms with Crippen molar-refractivity contribution in [2.24, 2.45) is 5.73 Å². The first-order valence-electron chi connectivity index (χ1n) is 20.1. The van der Waals surface area contributed by atoms with Gasteiger partial charge in [0.1, 0.15) is 0 Å². The predicted molar refractivity (Wildman–Crippen MR) is 216 cm³/mol. The highest BCUT2D eigenvalue weighted by molar-refractivity contribution is 7.47. The van der Waals surface area contributed by atoms with Crippen LogP contribution in [-0.2, 0) is 18.4 Å². The van der Waals surface area contributed by atoms with E-state index in [1.807, 2.05) is 6.08 Å². The number of amides is 1. The van der Waals surface area contributed by atoms with Crippen molar-refractivity contribution in [3.05, 3.63) is 72.9 Å². The maximum atomic E-state index is 12.7. The number of aliphatic hydroxyl groups is 1. The van der Waals surface area contributed by atoms with Crippen molar-refractivity contribution in [2.75, 3.05) is 19.8 Å². The number of phosphoric ester groups is 1. The first-order valence-corrected chi connectivity index (χ1v) is 21.6. The van der Waals surface area contributed by atoms with Crippen LogP contribution in [0.3, 0.4) is 0 Å². The molecule has 1 amide bonds. The topological polar surface area (TPSA) is 131 Å². The molecular weight excluding hydrogens is 659 g/mol. The van der Waals surface area contributed by atoms with E-state index in [1.54, 1.807) is 6.08 Å². The molecule has 9 heteroatoms. The van der Waals surface area contributed by atoms with Crippen LogP contribution in [0.4, 0.5) is 0 Å². The summed E-state index contributed by atoms with van der Waals surface area (Å²) in [5.41, 5.74) is 5.36. The first-order chi connectivity index (χ1) is 24.9. The average molecular weight is 735 g/mol. The second kappa shape index (κ2) is 37.7. The minimum atomic E-state index is -4.35. The Labute approximate surface area is 312 Å². The van der Waals surface area contributed by atoms with Gasteiger partial charge < -0.3 is 21.1 Å². The van der Waals surface area contributed by atoms with Crippen molar-refractivity contribution in [1.29, 1.82) is 0 Å². The summed E-state index contributed by atoms with van der Waals surface area (Å²) in [5, 5.41) is 13.6. The van der Waals surface area contributed by atoms with E-state index in [9.17, 15) is 19.4 Å². The largest absolute Gasteiger partial charge is 0.472 e. The fraction of sp³-hybridized carbons (Fsp3) is 0.690. The van der Waals surface area contributed by atoms with Gasteiger partial charge in [0, 0.05) is 13.0 Å². The van der Waals surface area contributed by atoms with Crippen LogP contribution in [0, 0.1) is 0 Å². The Morgan fingerprint density at radius 2 is 1.16 bits per heavy atom. The summed E-state index contributed by atoms with van der Waals surface area (Å²) < 4.78 is 22.0. The van der Waals surface area contributed by atoms with Gasteiger partial charge in [0.05, 0.1) is 25.4 Å². The molecule has 0 aliphatic rings. The number of phosphoric acid groups is 1. The number of allylic oxidation sites excluding steroid dienone is 11. The van der Waals surface area contributed by atoms with Crippen LogP contribution in [-0.4, -0.2) is 47.8 Å². The van der Waals surface area contributed by atoms with Crippen LogP contribution >= 0.6 is 7.82 Å². The first kappa shape index (κ1) is 48.9. The molecule has 0 rings (SSSR count). The predicted octanol–water partition coefficient (Wildman–Crippen LogP) is 10.9. The van der Waals surface area contributed by atoms with E-state index in [1.165, 1.54) is 57.8 Å². The van der Waals surface area contributed by atoms with Gasteiger partial charge in [0.2, 0.25) is 5.91 Å². The molecule has 3 unspecified atom stereocenters. The number of nitrogens with one attached hydrogen (secondary N) is 1. The van der Waals surface area contributed by atoms with E-state index >= 15 is 0 Å². The molecule has 0 fully saturated rings. The molecule has 8 nitrogen and oxygen atoms in total. The zero-order valence-corrected chi connectivity index (χ0v) is 33.2. The highest BCUT2D eigenvalue weighted by Gasteiger charge is 2.26. The van der Waals surface area contributed by atoms with Crippen molar-refractivity contribution in [1.82, 2.24) is 5.32 Å². The third-order valence-electron chi connectivity index (χ3n) is 8.24. The molecule has 0 aliphatic heterocycles. The number of hydrogen-bond donors (Lipinski definition) is 4. The smallest absolute Gasteiger partial charge is 0.387 e. The Kier molecular flexibility index (Phi) is 36.2. The standard InChI is InChI=1S/C42H75N2O6P/c1-3-5-7-9-11-13-15-17-19-20-22-24-26-28-30-32-34-36-42(46)44-40(39-50-51(47,48)49-38-37-43)41(45)35-33-31-29-27-25-23-21-18-16-14-12-10-8-6-4-2/h5,7,11,13,16-19,25,27,33,35,40-41,45H,3-4,6,8-10,12,14-15,20-24,26,28-32,34,36-39,43H2,1-2H3,(H,44,46)(H,47,48)/b7-5-,13-11-,18-16+,19-17-,27-25+,35-33+. The highest BCUT2D eigenvalue weighted by atomic mass is 31.2. The van der Waals surface area contributed by atoms with Crippen LogP contribution in [0.25, 0.3) is 0 Å². The molecule has 0 aliphatic carbocycles. The third kappa shape index (κ3) is 36.1. The van der Waals surface area contributed by atoms with Crippen molar-refractivity contribution in [3.8, 4) is 0 Å². The molecule has 3 atom stereocenters. The summed E-state index contributed by atoms with van der Waals surface area (Å²) in [6.45, 7) is 3.95. The van der Waals surface area contributed by atoms with Crippen LogP contribution in [0.1, 0.15) is 155 Å². The number of nitrogens with two attached hydrogens (primary N) is 1. The van der Waals surface area contributed by atoms with E-state index in [0.717, 1.165) is 77.0 Å². The molecule has 294 valence electrons. The number of hydrogen-bond acceptors (Lipinski definition) is 6. The van der Waals surface area contributed by atoms with Gasteiger partial charge in [-0.3, -0.25) is 13.8 Å². The Hall–Kier alpha value is -2.06. The van der Waals surface area contributed by atoms with E-state index in [0.29, 0.717) is 6.42 Å². The van der Waals surface area contributed by atoms with Crippen LogP contribution < -0.4 is 11.1 Å². The minimum absolute atomic E-state index is 0.0664. The summed E-state index contributed by atoms with van der Waals surface area (Å²) in [6.07, 6.45) is 48.0. The molecule has 0 radical (unpaired) electrons. The average Bonchev–Trinajstić information content (AvgIpc) is 3.12. The quantitative estimate of drug-likeness (QED) is 0.0286. The van der Waals surface area contributed by atoms with Crippen molar-refractivity contribution < 1.29 is 28.4 Å². The molecular formula is C42H75N2O6P. The molecule has 0 saturated carbocycles. The lowest BCUT2D eigenvalue weighted by Crippen LogP contribution is -2.45. The van der Waals surface area contributed by atoms with Crippen LogP contribution in [0.5, 0.6) is 0 Å². The number of carbonyl (C=O) groups is 1. The second-order valence-corrected chi connectivity index (χ2v) is 14.5. The van der Waals surface area contributed by atoms with Crippen LogP contribution in [0.15, 0.2) is 72.9 Å². The van der Waals surface area contributed by atoms with Crippen molar-refractivity contribution in [3.63, 3.8) is 0 Å². The fourth-order valence-electron chi connectivity index (χ4n) is 5.23. The Morgan fingerprint density at radius 3 is 1.75 bits per heavy atom. The number of aliphatic hydroxyl groups excluding tert-OH is 1. The van der Waals surface area contributed by atoms with E-state index < -0.39 is 20.0 Å². The molecule has 0 bridgehead atoms. The molecule has 5 N–H and O–H groups in total. The number of unbranched alkanes of at least 4 members (excludes halogenated alkanes) is 14. The lowest BCUT2D eigenvalue weighted by Gasteiger charge is -2.23. The molecule has 51 heavy (non-hydrogen) atoms. The minimum Gasteiger partial charge on any atom is -0.387 e. The summed E-state index contributed by atoms with van der Waals surface area (Å²) in [4.78, 5) is 22.6. The normalized spacial score (nSPS) is 15.0. The van der Waals surface area contributed by atoms with Crippen LogP contribution in [0.2, 0.25) is 0 Å². The monoisotopic (exact) mass is 735 g/mol. The SMILES string of the molecule is CC/C=C\C/C=C\C/C=C\CCCCCCCCCC(=O)NC(COP(=O)(O)OCCN)C(O)/C=C/CC/C=C/CC/C=C/CCCCCCC. The Bertz CT molecular complexity index is 1020. The van der Waals surface area contributed by atoms with Gasteiger partial charge in [-0.2, -0.15) is 0 Å². The Balaban J connectivity index is 4.38. The van der Waals surface area contributed by atoms with Crippen molar-refractivity contribution >= 4 is 13.7 Å². The number of rotatable bonds is 36. The van der Waals surface area contributed by atoms with E-state index in [-0.39, 0.29) is 25.7 Å². The highest BCUT2D eigenvalue weighted by Crippen LogP contribution is 2.43. The molecule has 0 aromatic rings. The Morgan fingerprint density at radius 1 is 0.667 bits per heavy atom. The summed E-state index contributed by atoms with van der Waals surface area (Å²) in [5.74, 6) is -0.223. The third-order valence-corrected chi connectivity index (χ3v) is 9.23. The lowest BCUT2D eigenvalue weighted by molar-refractivity contribution is -0.123. The lowest BCUT2D eigenvalue weighted by atomic mass is 10.1. The summed E-state index contributed by atoms with van der Waals surface area (Å²) >= 11 is 0. The van der Waals surface area contributed by atoms with Gasteiger partial charge in [-0.25, -0.2) is 4.57 Å². The summed E-state index contributed by atoms with van der Waals surface area (Å²) in [7, 11) is -4.35. The molecule has 0 spiro atoms. The summed E-state index contributed by atoms with van der Waals surface area (Å²) in [6, 6.07) is -0.891.